The van der Waals surface area contributed by atoms with Crippen LogP contribution < -0.4 is 5.32 Å². The molecule has 0 bridgehead atoms. The first-order valence-corrected chi connectivity index (χ1v) is 11.7. The number of phenolic OH excluding ortho intramolecular Hbond substituents is 1. The molecule has 0 aliphatic rings. The zero-order valence-electron chi connectivity index (χ0n) is 17.1. The van der Waals surface area contributed by atoms with Gasteiger partial charge in [-0.25, -0.2) is 9.97 Å². The predicted molar refractivity (Wildman–Crippen MR) is 129 cm³/mol. The smallest absolute Gasteiger partial charge is 0.237 e. The Bertz CT molecular complexity index is 1270. The van der Waals surface area contributed by atoms with Gasteiger partial charge in [0.1, 0.15) is 21.4 Å². The standard InChI is InChI=1S/C23H20ClN3O2S2/c1-12-4-6-15(7-5-12)17-11-30-22-20(17)23(26-14(3)25-22)31-13(2)21(29)27-18-10-16(24)8-9-19(18)28/h4-11,13,28H,1-3H3,(H,27,29). The average Bonchev–Trinajstić information content (AvgIpc) is 3.15. The van der Waals surface area contributed by atoms with E-state index in [1.807, 2.05) is 13.8 Å². The molecule has 0 fully saturated rings. The summed E-state index contributed by atoms with van der Waals surface area (Å²) in [5, 5.41) is 16.5. The second-order valence-electron chi connectivity index (χ2n) is 7.18. The maximum Gasteiger partial charge on any atom is 0.237 e. The summed E-state index contributed by atoms with van der Waals surface area (Å²) in [6.45, 7) is 5.72. The fourth-order valence-corrected chi connectivity index (χ4v) is 5.35. The van der Waals surface area contributed by atoms with Gasteiger partial charge in [-0.2, -0.15) is 0 Å². The molecule has 0 saturated carbocycles. The molecule has 2 aromatic carbocycles. The normalized spacial score (nSPS) is 12.1. The maximum atomic E-state index is 12.8. The predicted octanol–water partition coefficient (Wildman–Crippen LogP) is 6.45. The number of thiophene rings is 1. The third-order valence-electron chi connectivity index (χ3n) is 4.75. The molecule has 0 saturated heterocycles. The number of amides is 1. The van der Waals surface area contributed by atoms with Crippen molar-refractivity contribution in [3.63, 3.8) is 0 Å². The summed E-state index contributed by atoms with van der Waals surface area (Å²) in [6, 6.07) is 12.9. The zero-order valence-corrected chi connectivity index (χ0v) is 19.5. The molecule has 8 heteroatoms. The Balaban J connectivity index is 1.65. The number of hydrogen-bond donors (Lipinski definition) is 2. The third kappa shape index (κ3) is 4.69. The molecule has 0 radical (unpaired) electrons. The number of aryl methyl sites for hydroxylation is 2. The van der Waals surface area contributed by atoms with Crippen LogP contribution in [0, 0.1) is 13.8 Å². The van der Waals surface area contributed by atoms with E-state index in [2.05, 4.69) is 51.9 Å². The lowest BCUT2D eigenvalue weighted by molar-refractivity contribution is -0.115. The number of nitrogens with one attached hydrogen (secondary N) is 1. The molecule has 158 valence electrons. The summed E-state index contributed by atoms with van der Waals surface area (Å²) in [4.78, 5) is 22.9. The topological polar surface area (TPSA) is 75.1 Å². The summed E-state index contributed by atoms with van der Waals surface area (Å²) in [5.74, 6) is 0.376. The van der Waals surface area contributed by atoms with Crippen LogP contribution in [0.4, 0.5) is 5.69 Å². The Kier molecular flexibility index (Phi) is 6.18. The van der Waals surface area contributed by atoms with Crippen LogP contribution in [0.5, 0.6) is 5.75 Å². The lowest BCUT2D eigenvalue weighted by Gasteiger charge is -2.14. The van der Waals surface area contributed by atoms with Gasteiger partial charge in [0, 0.05) is 16.0 Å². The number of fused-ring (bicyclic) bond motifs is 1. The number of nitrogens with zero attached hydrogens (tertiary/aromatic N) is 2. The molecule has 5 nitrogen and oxygen atoms in total. The first-order valence-electron chi connectivity index (χ1n) is 9.60. The molecule has 1 amide bonds. The minimum atomic E-state index is -0.457. The van der Waals surface area contributed by atoms with E-state index in [0.717, 1.165) is 26.4 Å². The number of aromatic nitrogens is 2. The highest BCUT2D eigenvalue weighted by Crippen LogP contribution is 2.39. The van der Waals surface area contributed by atoms with Crippen molar-refractivity contribution in [2.75, 3.05) is 5.32 Å². The molecule has 1 atom stereocenters. The van der Waals surface area contributed by atoms with Crippen LogP contribution in [-0.2, 0) is 4.79 Å². The molecule has 0 aliphatic heterocycles. The SMILES string of the molecule is Cc1ccc(-c2csc3nc(C)nc(SC(C)C(=O)Nc4cc(Cl)ccc4O)c23)cc1. The number of carbonyl (C=O) groups is 1. The number of carbonyl (C=O) groups excluding carboxylic acids is 1. The zero-order chi connectivity index (χ0) is 22.1. The van der Waals surface area contributed by atoms with Crippen molar-refractivity contribution in [2.24, 2.45) is 0 Å². The molecule has 31 heavy (non-hydrogen) atoms. The molecule has 1 unspecified atom stereocenters. The van der Waals surface area contributed by atoms with Crippen LogP contribution in [0.15, 0.2) is 52.9 Å². The largest absolute Gasteiger partial charge is 0.506 e. The van der Waals surface area contributed by atoms with Crippen molar-refractivity contribution in [3.8, 4) is 16.9 Å². The highest BCUT2D eigenvalue weighted by Gasteiger charge is 2.21. The second kappa shape index (κ2) is 8.86. The Hall–Kier alpha value is -2.61. The lowest BCUT2D eigenvalue weighted by atomic mass is 10.1. The summed E-state index contributed by atoms with van der Waals surface area (Å²) in [5.41, 5.74) is 3.62. The van der Waals surface area contributed by atoms with Gasteiger partial charge in [0.2, 0.25) is 5.91 Å². The Labute approximate surface area is 193 Å². The Morgan fingerprint density at radius 2 is 1.90 bits per heavy atom. The summed E-state index contributed by atoms with van der Waals surface area (Å²) >= 11 is 8.92. The van der Waals surface area contributed by atoms with E-state index in [-0.39, 0.29) is 17.3 Å². The Morgan fingerprint density at radius 1 is 1.16 bits per heavy atom. The van der Waals surface area contributed by atoms with E-state index >= 15 is 0 Å². The van der Waals surface area contributed by atoms with Crippen LogP contribution in [0.3, 0.4) is 0 Å². The number of anilines is 1. The second-order valence-corrected chi connectivity index (χ2v) is 9.81. The number of rotatable bonds is 5. The van der Waals surface area contributed by atoms with Gasteiger partial charge < -0.3 is 10.4 Å². The number of benzene rings is 2. The number of phenols is 1. The fourth-order valence-electron chi connectivity index (χ4n) is 3.11. The lowest BCUT2D eigenvalue weighted by Crippen LogP contribution is -2.22. The van der Waals surface area contributed by atoms with Gasteiger partial charge in [0.25, 0.3) is 0 Å². The minimum absolute atomic E-state index is 0.0327. The highest BCUT2D eigenvalue weighted by molar-refractivity contribution is 8.00. The van der Waals surface area contributed by atoms with Crippen LogP contribution >= 0.6 is 34.7 Å². The van der Waals surface area contributed by atoms with Gasteiger partial charge in [0.15, 0.2) is 0 Å². The van der Waals surface area contributed by atoms with Crippen molar-refractivity contribution in [2.45, 2.75) is 31.0 Å². The van der Waals surface area contributed by atoms with Crippen LogP contribution in [0.25, 0.3) is 21.3 Å². The van der Waals surface area contributed by atoms with Gasteiger partial charge in [-0.3, -0.25) is 4.79 Å². The summed E-state index contributed by atoms with van der Waals surface area (Å²) < 4.78 is 0. The monoisotopic (exact) mass is 469 g/mol. The third-order valence-corrected chi connectivity index (χ3v) is 6.94. The van der Waals surface area contributed by atoms with E-state index in [9.17, 15) is 9.90 Å². The van der Waals surface area contributed by atoms with Gasteiger partial charge in [0.05, 0.1) is 16.3 Å². The van der Waals surface area contributed by atoms with E-state index in [1.165, 1.54) is 29.5 Å². The maximum absolute atomic E-state index is 12.8. The van der Waals surface area contributed by atoms with Crippen molar-refractivity contribution >= 4 is 56.5 Å². The number of hydrogen-bond acceptors (Lipinski definition) is 6. The van der Waals surface area contributed by atoms with Crippen molar-refractivity contribution < 1.29 is 9.90 Å². The van der Waals surface area contributed by atoms with Gasteiger partial charge in [-0.15, -0.1) is 11.3 Å². The van der Waals surface area contributed by atoms with E-state index in [1.54, 1.807) is 17.4 Å². The molecule has 0 spiro atoms. The highest BCUT2D eigenvalue weighted by atomic mass is 35.5. The molecule has 4 rings (SSSR count). The summed E-state index contributed by atoms with van der Waals surface area (Å²) in [7, 11) is 0. The molecule has 2 aromatic heterocycles. The van der Waals surface area contributed by atoms with Gasteiger partial charge in [-0.1, -0.05) is 53.2 Å². The summed E-state index contributed by atoms with van der Waals surface area (Å²) in [6.07, 6.45) is 0. The minimum Gasteiger partial charge on any atom is -0.506 e. The average molecular weight is 470 g/mol. The van der Waals surface area contributed by atoms with Gasteiger partial charge >= 0.3 is 0 Å². The van der Waals surface area contributed by atoms with Crippen molar-refractivity contribution in [1.82, 2.24) is 9.97 Å². The first-order chi connectivity index (χ1) is 14.8. The van der Waals surface area contributed by atoms with Crippen molar-refractivity contribution in [1.29, 1.82) is 0 Å². The van der Waals surface area contributed by atoms with Gasteiger partial charge in [-0.05, 0) is 44.5 Å². The quantitative estimate of drug-likeness (QED) is 0.199. The molecule has 2 heterocycles. The number of thioether (sulfide) groups is 1. The van der Waals surface area contributed by atoms with E-state index in [0.29, 0.717) is 10.8 Å². The van der Waals surface area contributed by atoms with Crippen molar-refractivity contribution in [3.05, 3.63) is 64.3 Å². The molecular weight excluding hydrogens is 450 g/mol. The van der Waals surface area contributed by atoms with Crippen LogP contribution in [-0.4, -0.2) is 26.2 Å². The number of halogens is 1. The van der Waals surface area contributed by atoms with E-state index < -0.39 is 5.25 Å². The molecule has 0 aliphatic carbocycles. The molecule has 2 N–H and O–H groups in total. The van der Waals surface area contributed by atoms with Crippen LogP contribution in [0.1, 0.15) is 18.3 Å². The molecule has 4 aromatic rings. The van der Waals surface area contributed by atoms with E-state index in [4.69, 9.17) is 11.6 Å². The number of aromatic hydroxyl groups is 1. The van der Waals surface area contributed by atoms with Crippen LogP contribution in [0.2, 0.25) is 5.02 Å². The molecular formula is C23H20ClN3O2S2. The first kappa shape index (κ1) is 21.6. The fraction of sp³-hybridized carbons (Fsp3) is 0.174. The Morgan fingerprint density at radius 3 is 2.65 bits per heavy atom.